The van der Waals surface area contributed by atoms with Crippen molar-refractivity contribution in [2.24, 2.45) is 0 Å². The Kier molecular flexibility index (Phi) is 65.0. The first-order chi connectivity index (χ1) is 44.2. The van der Waals surface area contributed by atoms with Crippen LogP contribution in [0.4, 0.5) is 0 Å². The van der Waals surface area contributed by atoms with Gasteiger partial charge in [-0.25, -0.2) is 0 Å². The molecule has 0 radical (unpaired) electrons. The first-order valence-electron chi connectivity index (χ1n) is 39.7. The van der Waals surface area contributed by atoms with Crippen molar-refractivity contribution in [2.75, 3.05) is 13.2 Å². The van der Waals surface area contributed by atoms with E-state index in [1.54, 1.807) is 0 Å². The molecule has 0 aromatic rings. The summed E-state index contributed by atoms with van der Waals surface area (Å²) in [6.07, 6.45) is 75.9. The number of hydrogen-bond donors (Lipinski definition) is 8. The van der Waals surface area contributed by atoms with Gasteiger partial charge in [0.2, 0.25) is 5.91 Å². The summed E-state index contributed by atoms with van der Waals surface area (Å²) in [5, 5.41) is 76.7. The van der Waals surface area contributed by atoms with Gasteiger partial charge in [0.05, 0.1) is 25.4 Å². The van der Waals surface area contributed by atoms with Crippen molar-refractivity contribution in [2.45, 2.75) is 461 Å². The SMILES string of the molecule is CCCCCCCCCCCCCCCC/C=C\CCCCCCCCCCCCCCCCCCC(O)C(=O)NC(COC1OC(CO)C(O)C(O)C1O)C(O)C(O)CCC/C=C/CCCCCCCCCCCCCCCCCCCCCCCCCC. The van der Waals surface area contributed by atoms with Gasteiger partial charge in [0.15, 0.2) is 6.29 Å². The molecular formula is C79H153NO10. The van der Waals surface area contributed by atoms with Crippen LogP contribution >= 0.6 is 0 Å². The summed E-state index contributed by atoms with van der Waals surface area (Å²) in [5.41, 5.74) is 0. The molecule has 0 aromatic carbocycles. The third kappa shape index (κ3) is 53.8. The maximum atomic E-state index is 13.3. The van der Waals surface area contributed by atoms with E-state index in [0.29, 0.717) is 12.8 Å². The Balaban J connectivity index is 2.14. The Labute approximate surface area is 556 Å². The molecule has 534 valence electrons. The highest BCUT2D eigenvalue weighted by atomic mass is 16.7. The highest BCUT2D eigenvalue weighted by Crippen LogP contribution is 2.24. The summed E-state index contributed by atoms with van der Waals surface area (Å²) in [6.45, 7) is 3.52. The largest absolute Gasteiger partial charge is 0.394 e. The van der Waals surface area contributed by atoms with Crippen LogP contribution < -0.4 is 5.32 Å². The third-order valence-corrected chi connectivity index (χ3v) is 19.5. The number of aliphatic hydroxyl groups excluding tert-OH is 7. The summed E-state index contributed by atoms with van der Waals surface area (Å²) in [6, 6.07) is -1.19. The molecule has 0 spiro atoms. The lowest BCUT2D eigenvalue weighted by atomic mass is 9.98. The van der Waals surface area contributed by atoms with Crippen molar-refractivity contribution >= 4 is 5.91 Å². The van der Waals surface area contributed by atoms with Crippen LogP contribution in [-0.2, 0) is 14.3 Å². The second-order valence-electron chi connectivity index (χ2n) is 28.1. The molecular weight excluding hydrogens is 1120 g/mol. The van der Waals surface area contributed by atoms with E-state index in [9.17, 15) is 40.5 Å². The van der Waals surface area contributed by atoms with Crippen LogP contribution in [0.25, 0.3) is 0 Å². The molecule has 0 bridgehead atoms. The molecule has 1 amide bonds. The lowest BCUT2D eigenvalue weighted by Gasteiger charge is -2.40. The van der Waals surface area contributed by atoms with Gasteiger partial charge in [0.1, 0.15) is 36.6 Å². The highest BCUT2D eigenvalue weighted by molar-refractivity contribution is 5.80. The van der Waals surface area contributed by atoms with Crippen LogP contribution in [-0.4, -0.2) is 110 Å². The maximum absolute atomic E-state index is 13.3. The highest BCUT2D eigenvalue weighted by Gasteiger charge is 2.44. The second-order valence-corrected chi connectivity index (χ2v) is 28.1. The molecule has 1 fully saturated rings. The molecule has 11 nitrogen and oxygen atoms in total. The van der Waals surface area contributed by atoms with Gasteiger partial charge in [-0.3, -0.25) is 4.79 Å². The summed E-state index contributed by atoms with van der Waals surface area (Å²) in [7, 11) is 0. The fourth-order valence-electron chi connectivity index (χ4n) is 13.2. The molecule has 0 aromatic heterocycles. The van der Waals surface area contributed by atoms with Gasteiger partial charge in [-0.1, -0.05) is 366 Å². The fraction of sp³-hybridized carbons (Fsp3) is 0.937. The fourth-order valence-corrected chi connectivity index (χ4v) is 13.2. The van der Waals surface area contributed by atoms with E-state index in [1.165, 1.54) is 327 Å². The molecule has 1 saturated heterocycles. The van der Waals surface area contributed by atoms with Crippen molar-refractivity contribution in [1.82, 2.24) is 5.32 Å². The van der Waals surface area contributed by atoms with Crippen LogP contribution in [0.3, 0.4) is 0 Å². The van der Waals surface area contributed by atoms with Gasteiger partial charge in [0, 0.05) is 0 Å². The van der Waals surface area contributed by atoms with Crippen molar-refractivity contribution in [3.8, 4) is 0 Å². The molecule has 90 heavy (non-hydrogen) atoms. The number of hydrogen-bond acceptors (Lipinski definition) is 10. The minimum atomic E-state index is -1.67. The standard InChI is InChI=1S/C79H153NO10/c1-3-5-7-9-11-13-15-17-19-21-23-25-27-29-31-33-34-35-36-37-39-41-43-45-47-49-51-53-55-57-59-61-63-65-67-72(83)78(88)80-70(69-89-79-77(87)76(86)75(85)73(68-81)90-79)74(84)71(82)66-64-62-60-58-56-54-52-50-48-46-44-42-40-38-32-30-28-26-24-22-20-18-16-14-12-10-8-6-4-2/h33-34,58,60,70-77,79,81-87H,3-32,35-57,59,61-69H2,1-2H3,(H,80,88)/b34-33-,60-58+. The molecule has 8 N–H and O–H groups in total. The summed E-state index contributed by atoms with van der Waals surface area (Å²) in [5.74, 6) is -0.698. The normalized spacial score (nSPS) is 18.5. The van der Waals surface area contributed by atoms with Crippen LogP contribution in [0.15, 0.2) is 24.3 Å². The van der Waals surface area contributed by atoms with Gasteiger partial charge in [0.25, 0.3) is 0 Å². The zero-order valence-corrected chi connectivity index (χ0v) is 59.4. The zero-order valence-electron chi connectivity index (χ0n) is 59.4. The monoisotopic (exact) mass is 1280 g/mol. The van der Waals surface area contributed by atoms with E-state index >= 15 is 0 Å². The molecule has 9 unspecified atom stereocenters. The predicted octanol–water partition coefficient (Wildman–Crippen LogP) is 20.3. The Hall–Kier alpha value is -1.41. The molecule has 1 aliphatic heterocycles. The number of allylic oxidation sites excluding steroid dienone is 4. The summed E-state index contributed by atoms with van der Waals surface area (Å²) >= 11 is 0. The number of aliphatic hydroxyl groups is 7. The smallest absolute Gasteiger partial charge is 0.249 e. The van der Waals surface area contributed by atoms with Crippen LogP contribution in [0.1, 0.15) is 406 Å². The van der Waals surface area contributed by atoms with Crippen LogP contribution in [0.2, 0.25) is 0 Å². The number of rotatable bonds is 71. The minimum absolute atomic E-state index is 0.258. The number of ether oxygens (including phenoxy) is 2. The van der Waals surface area contributed by atoms with Crippen molar-refractivity contribution in [3.05, 3.63) is 24.3 Å². The van der Waals surface area contributed by atoms with E-state index < -0.39 is 74.2 Å². The molecule has 1 aliphatic rings. The van der Waals surface area contributed by atoms with Gasteiger partial charge in [-0.2, -0.15) is 0 Å². The number of unbranched alkanes of at least 4 members (excludes halogenated alkanes) is 55. The lowest BCUT2D eigenvalue weighted by Crippen LogP contribution is -2.60. The average molecular weight is 1280 g/mol. The first kappa shape index (κ1) is 86.6. The zero-order chi connectivity index (χ0) is 65.3. The molecule has 1 rings (SSSR count). The topological polar surface area (TPSA) is 189 Å². The molecule has 0 aliphatic carbocycles. The van der Waals surface area contributed by atoms with Gasteiger partial charge >= 0.3 is 0 Å². The maximum Gasteiger partial charge on any atom is 0.249 e. The Morgan fingerprint density at radius 3 is 0.956 bits per heavy atom. The number of amides is 1. The first-order valence-corrected chi connectivity index (χ1v) is 39.7. The lowest BCUT2D eigenvalue weighted by molar-refractivity contribution is -0.303. The van der Waals surface area contributed by atoms with Gasteiger partial charge in [-0.15, -0.1) is 0 Å². The van der Waals surface area contributed by atoms with Crippen LogP contribution in [0, 0.1) is 0 Å². The van der Waals surface area contributed by atoms with Gasteiger partial charge < -0.3 is 50.5 Å². The van der Waals surface area contributed by atoms with E-state index in [1.807, 2.05) is 0 Å². The predicted molar refractivity (Wildman–Crippen MR) is 381 cm³/mol. The average Bonchev–Trinajstić information content (AvgIpc) is 1.22. The van der Waals surface area contributed by atoms with E-state index in [-0.39, 0.29) is 12.8 Å². The van der Waals surface area contributed by atoms with Gasteiger partial charge in [-0.05, 0) is 64.2 Å². The Bertz CT molecular complexity index is 1510. The van der Waals surface area contributed by atoms with E-state index in [4.69, 9.17) is 9.47 Å². The Morgan fingerprint density at radius 2 is 0.656 bits per heavy atom. The van der Waals surface area contributed by atoms with Crippen molar-refractivity contribution in [3.63, 3.8) is 0 Å². The number of nitrogens with one attached hydrogen (secondary N) is 1. The van der Waals surface area contributed by atoms with E-state index in [2.05, 4.69) is 43.5 Å². The van der Waals surface area contributed by atoms with Crippen LogP contribution in [0.5, 0.6) is 0 Å². The number of carbonyl (C=O) groups excluding carboxylic acids is 1. The molecule has 0 saturated carbocycles. The minimum Gasteiger partial charge on any atom is -0.394 e. The van der Waals surface area contributed by atoms with Crippen molar-refractivity contribution in [1.29, 1.82) is 0 Å². The number of carbonyl (C=O) groups is 1. The summed E-state index contributed by atoms with van der Waals surface area (Å²) < 4.78 is 11.2. The van der Waals surface area contributed by atoms with E-state index in [0.717, 1.165) is 38.5 Å². The molecule has 9 atom stereocenters. The summed E-state index contributed by atoms with van der Waals surface area (Å²) in [4.78, 5) is 13.3. The third-order valence-electron chi connectivity index (χ3n) is 19.5. The quantitative estimate of drug-likeness (QED) is 0.0215. The van der Waals surface area contributed by atoms with Crippen molar-refractivity contribution < 1.29 is 50.0 Å². The molecule has 1 heterocycles. The Morgan fingerprint density at radius 1 is 0.378 bits per heavy atom. The molecule has 11 heteroatoms. The second kappa shape index (κ2) is 67.6.